The first-order chi connectivity index (χ1) is 8.67. The fraction of sp³-hybridized carbons (Fsp3) is 0.571. The summed E-state index contributed by atoms with van der Waals surface area (Å²) >= 11 is 0. The second kappa shape index (κ2) is 4.49. The summed E-state index contributed by atoms with van der Waals surface area (Å²) in [5.74, 6) is 0.743. The largest absolute Gasteiger partial charge is 0.389 e. The van der Waals surface area contributed by atoms with Crippen LogP contribution in [0.2, 0.25) is 0 Å². The van der Waals surface area contributed by atoms with Crippen LogP contribution in [0.25, 0.3) is 5.52 Å². The SMILES string of the molecule is CC(C)(O)CNc1nccn2nc(C(C)(C)C)cc12. The fourth-order valence-electron chi connectivity index (χ4n) is 1.72. The first-order valence-electron chi connectivity index (χ1n) is 6.48. The van der Waals surface area contributed by atoms with Gasteiger partial charge < -0.3 is 10.4 Å². The van der Waals surface area contributed by atoms with Crippen LogP contribution in [0.1, 0.15) is 40.3 Å². The highest BCUT2D eigenvalue weighted by atomic mass is 16.3. The Labute approximate surface area is 113 Å². The number of nitrogens with one attached hydrogen (secondary N) is 1. The van der Waals surface area contributed by atoms with Crippen molar-refractivity contribution in [2.45, 2.75) is 45.6 Å². The molecule has 2 rings (SSSR count). The molecule has 0 amide bonds. The smallest absolute Gasteiger partial charge is 0.152 e. The Morgan fingerprint density at radius 3 is 2.53 bits per heavy atom. The number of fused-ring (bicyclic) bond motifs is 1. The lowest BCUT2D eigenvalue weighted by Gasteiger charge is -2.18. The maximum Gasteiger partial charge on any atom is 0.152 e. The van der Waals surface area contributed by atoms with Crippen LogP contribution in [0.3, 0.4) is 0 Å². The third-order valence-corrected chi connectivity index (χ3v) is 2.85. The summed E-state index contributed by atoms with van der Waals surface area (Å²) in [5.41, 5.74) is 1.17. The van der Waals surface area contributed by atoms with Crippen LogP contribution in [0, 0.1) is 0 Å². The van der Waals surface area contributed by atoms with Gasteiger partial charge in [-0.15, -0.1) is 0 Å². The van der Waals surface area contributed by atoms with Crippen molar-refractivity contribution in [2.75, 3.05) is 11.9 Å². The molecule has 0 aliphatic carbocycles. The minimum absolute atomic E-state index is 0.000457. The molecular weight excluding hydrogens is 240 g/mol. The van der Waals surface area contributed by atoms with Crippen molar-refractivity contribution in [2.24, 2.45) is 0 Å². The minimum Gasteiger partial charge on any atom is -0.389 e. The van der Waals surface area contributed by atoms with Crippen molar-refractivity contribution < 1.29 is 5.11 Å². The Bertz CT molecular complexity index is 575. The van der Waals surface area contributed by atoms with Crippen molar-refractivity contribution in [1.29, 1.82) is 0 Å². The molecule has 19 heavy (non-hydrogen) atoms. The molecule has 2 aromatic rings. The lowest BCUT2D eigenvalue weighted by Crippen LogP contribution is -2.29. The molecule has 0 saturated heterocycles. The summed E-state index contributed by atoms with van der Waals surface area (Å²) < 4.78 is 1.82. The molecule has 5 heteroatoms. The van der Waals surface area contributed by atoms with E-state index in [1.807, 2.05) is 16.8 Å². The van der Waals surface area contributed by atoms with E-state index in [1.54, 1.807) is 20.0 Å². The maximum absolute atomic E-state index is 9.77. The molecule has 0 fully saturated rings. The van der Waals surface area contributed by atoms with Crippen LogP contribution in [0.5, 0.6) is 0 Å². The summed E-state index contributed by atoms with van der Waals surface area (Å²) in [6.07, 6.45) is 3.54. The minimum atomic E-state index is -0.776. The number of anilines is 1. The number of rotatable bonds is 3. The third-order valence-electron chi connectivity index (χ3n) is 2.85. The zero-order valence-electron chi connectivity index (χ0n) is 12.2. The van der Waals surface area contributed by atoms with Crippen LogP contribution < -0.4 is 5.32 Å². The van der Waals surface area contributed by atoms with Gasteiger partial charge in [-0.25, -0.2) is 9.50 Å². The molecule has 0 aliphatic rings. The number of hydrogen-bond donors (Lipinski definition) is 2. The molecule has 2 heterocycles. The van der Waals surface area contributed by atoms with Crippen LogP contribution in [0.4, 0.5) is 5.82 Å². The molecule has 2 aromatic heterocycles. The molecule has 0 aromatic carbocycles. The van der Waals surface area contributed by atoms with Gasteiger partial charge in [0.25, 0.3) is 0 Å². The molecule has 0 aliphatic heterocycles. The fourth-order valence-corrected chi connectivity index (χ4v) is 1.72. The van der Waals surface area contributed by atoms with Gasteiger partial charge in [-0.2, -0.15) is 5.10 Å². The lowest BCUT2D eigenvalue weighted by atomic mass is 9.92. The van der Waals surface area contributed by atoms with Crippen molar-refractivity contribution in [3.8, 4) is 0 Å². The molecular formula is C14H22N4O. The van der Waals surface area contributed by atoms with E-state index in [-0.39, 0.29) is 5.41 Å². The van der Waals surface area contributed by atoms with Crippen LogP contribution in [0.15, 0.2) is 18.5 Å². The van der Waals surface area contributed by atoms with Crippen molar-refractivity contribution in [1.82, 2.24) is 14.6 Å². The second-order valence-corrected chi connectivity index (χ2v) is 6.55. The predicted octanol–water partition coefficient (Wildman–Crippen LogP) is 2.21. The standard InChI is InChI=1S/C14H22N4O/c1-13(2,3)11-8-10-12(16-9-14(4,5)19)15-6-7-18(10)17-11/h6-8,19H,9H2,1-5H3,(H,15,16). The van der Waals surface area contributed by atoms with E-state index in [9.17, 15) is 5.11 Å². The molecule has 0 radical (unpaired) electrons. The first-order valence-corrected chi connectivity index (χ1v) is 6.48. The van der Waals surface area contributed by atoms with Crippen molar-refractivity contribution >= 4 is 11.3 Å². The van der Waals surface area contributed by atoms with Gasteiger partial charge in [0.05, 0.1) is 11.3 Å². The summed E-state index contributed by atoms with van der Waals surface area (Å²) in [6.45, 7) is 10.4. The highest BCUT2D eigenvalue weighted by Gasteiger charge is 2.19. The van der Waals surface area contributed by atoms with Crippen LogP contribution in [-0.2, 0) is 5.41 Å². The van der Waals surface area contributed by atoms with Crippen LogP contribution in [-0.4, -0.2) is 31.9 Å². The lowest BCUT2D eigenvalue weighted by molar-refractivity contribution is 0.0944. The van der Waals surface area contributed by atoms with Gasteiger partial charge in [0.15, 0.2) is 5.82 Å². The first kappa shape index (κ1) is 13.8. The van der Waals surface area contributed by atoms with E-state index in [2.05, 4.69) is 36.2 Å². The maximum atomic E-state index is 9.77. The van der Waals surface area contributed by atoms with Gasteiger partial charge in [0.2, 0.25) is 0 Å². The summed E-state index contributed by atoms with van der Waals surface area (Å²) in [7, 11) is 0. The number of aromatic nitrogens is 3. The molecule has 0 unspecified atom stereocenters. The number of nitrogens with zero attached hydrogens (tertiary/aromatic N) is 3. The van der Waals surface area contributed by atoms with Gasteiger partial charge in [-0.1, -0.05) is 20.8 Å². The van der Waals surface area contributed by atoms with E-state index in [0.717, 1.165) is 17.0 Å². The van der Waals surface area contributed by atoms with Crippen molar-refractivity contribution in [3.63, 3.8) is 0 Å². The molecule has 104 valence electrons. The molecule has 0 saturated carbocycles. The summed E-state index contributed by atoms with van der Waals surface area (Å²) in [5, 5.41) is 17.5. The summed E-state index contributed by atoms with van der Waals surface area (Å²) in [4.78, 5) is 4.32. The molecule has 0 bridgehead atoms. The Morgan fingerprint density at radius 2 is 1.95 bits per heavy atom. The van der Waals surface area contributed by atoms with Gasteiger partial charge in [-0.3, -0.25) is 0 Å². The van der Waals surface area contributed by atoms with Crippen LogP contribution >= 0.6 is 0 Å². The van der Waals surface area contributed by atoms with Gasteiger partial charge in [0.1, 0.15) is 5.52 Å². The zero-order chi connectivity index (χ0) is 14.3. The highest BCUT2D eigenvalue weighted by molar-refractivity contribution is 5.68. The zero-order valence-corrected chi connectivity index (χ0v) is 12.2. The van der Waals surface area contributed by atoms with Gasteiger partial charge >= 0.3 is 0 Å². The summed E-state index contributed by atoms with van der Waals surface area (Å²) in [6, 6.07) is 2.04. The number of aliphatic hydroxyl groups is 1. The normalized spacial score (nSPS) is 12.9. The van der Waals surface area contributed by atoms with E-state index in [1.165, 1.54) is 0 Å². The second-order valence-electron chi connectivity index (χ2n) is 6.55. The highest BCUT2D eigenvalue weighted by Crippen LogP contribution is 2.24. The Kier molecular flexibility index (Phi) is 3.26. The van der Waals surface area contributed by atoms with Crippen molar-refractivity contribution in [3.05, 3.63) is 24.2 Å². The topological polar surface area (TPSA) is 62.5 Å². The predicted molar refractivity (Wildman–Crippen MR) is 76.5 cm³/mol. The quantitative estimate of drug-likeness (QED) is 0.890. The van der Waals surface area contributed by atoms with E-state index >= 15 is 0 Å². The third kappa shape index (κ3) is 3.23. The van der Waals surface area contributed by atoms with Gasteiger partial charge in [-0.05, 0) is 19.9 Å². The van der Waals surface area contributed by atoms with E-state index in [0.29, 0.717) is 6.54 Å². The monoisotopic (exact) mass is 262 g/mol. The molecule has 0 atom stereocenters. The molecule has 2 N–H and O–H groups in total. The molecule has 0 spiro atoms. The Balaban J connectivity index is 2.37. The average Bonchev–Trinajstić information content (AvgIpc) is 2.68. The average molecular weight is 262 g/mol. The Hall–Kier alpha value is -1.62. The van der Waals surface area contributed by atoms with E-state index in [4.69, 9.17) is 0 Å². The molecule has 5 nitrogen and oxygen atoms in total. The number of hydrogen-bond acceptors (Lipinski definition) is 4. The van der Waals surface area contributed by atoms with Gasteiger partial charge in [0, 0.05) is 24.4 Å². The Morgan fingerprint density at radius 1 is 1.26 bits per heavy atom. The van der Waals surface area contributed by atoms with E-state index < -0.39 is 5.60 Å².